The van der Waals surface area contributed by atoms with E-state index in [0.29, 0.717) is 6.04 Å². The molecule has 1 atom stereocenters. The summed E-state index contributed by atoms with van der Waals surface area (Å²) in [5.74, 6) is 1.67. The van der Waals surface area contributed by atoms with E-state index in [1.165, 1.54) is 12.1 Å². The number of anilines is 2. The van der Waals surface area contributed by atoms with Crippen molar-refractivity contribution in [2.24, 2.45) is 0 Å². The van der Waals surface area contributed by atoms with E-state index in [-0.39, 0.29) is 6.61 Å². The largest absolute Gasteiger partial charge is 0.395 e. The summed E-state index contributed by atoms with van der Waals surface area (Å²) in [6.07, 6.45) is 5.25. The first-order valence-electron chi connectivity index (χ1n) is 11.6. The van der Waals surface area contributed by atoms with Gasteiger partial charge in [0.15, 0.2) is 5.82 Å². The van der Waals surface area contributed by atoms with Crippen molar-refractivity contribution >= 4 is 11.5 Å². The summed E-state index contributed by atoms with van der Waals surface area (Å²) in [5.41, 5.74) is 3.38. The third-order valence-electron chi connectivity index (χ3n) is 6.59. The highest BCUT2D eigenvalue weighted by molar-refractivity contribution is 5.62. The molecule has 0 spiro atoms. The van der Waals surface area contributed by atoms with Crippen molar-refractivity contribution < 1.29 is 5.11 Å². The standard InChI is InChI=1S/C24H36N6O/c1-19-17-26-24(20-6-8-21(9-7-20)30-15-13-28(2)14-16-30)27-23(19)25-10-4-12-29-11-3-5-22(29)18-31/h6-9,17,22,31H,3-5,10-16,18H2,1-2H3,(H,25,26,27)/t22-/m0/s1. The molecule has 0 aliphatic carbocycles. The zero-order valence-electron chi connectivity index (χ0n) is 18.9. The van der Waals surface area contributed by atoms with Crippen LogP contribution in [0.4, 0.5) is 11.5 Å². The summed E-state index contributed by atoms with van der Waals surface area (Å²) in [7, 11) is 2.18. The van der Waals surface area contributed by atoms with Crippen LogP contribution in [-0.2, 0) is 0 Å². The molecular formula is C24H36N6O. The molecule has 7 heteroatoms. The van der Waals surface area contributed by atoms with Gasteiger partial charge in [0.1, 0.15) is 5.82 Å². The molecule has 2 aliphatic heterocycles. The second-order valence-corrected chi connectivity index (χ2v) is 8.86. The first kappa shape index (κ1) is 22.0. The first-order chi connectivity index (χ1) is 15.1. The molecule has 1 aromatic heterocycles. The lowest BCUT2D eigenvalue weighted by Gasteiger charge is -2.34. The van der Waals surface area contributed by atoms with Crippen molar-refractivity contribution in [3.63, 3.8) is 0 Å². The van der Waals surface area contributed by atoms with Gasteiger partial charge in [0.2, 0.25) is 0 Å². The highest BCUT2D eigenvalue weighted by atomic mass is 16.3. The minimum absolute atomic E-state index is 0.273. The highest BCUT2D eigenvalue weighted by Crippen LogP contribution is 2.23. The summed E-state index contributed by atoms with van der Waals surface area (Å²) < 4.78 is 0. The average molecular weight is 425 g/mol. The predicted octanol–water partition coefficient (Wildman–Crippen LogP) is 2.46. The lowest BCUT2D eigenvalue weighted by atomic mass is 10.1. The molecule has 2 aromatic rings. The number of nitrogens with zero attached hydrogens (tertiary/aromatic N) is 5. The summed E-state index contributed by atoms with van der Waals surface area (Å²) in [6, 6.07) is 8.98. The van der Waals surface area contributed by atoms with Gasteiger partial charge in [-0.2, -0.15) is 0 Å². The van der Waals surface area contributed by atoms with Crippen LogP contribution in [0.5, 0.6) is 0 Å². The summed E-state index contributed by atoms with van der Waals surface area (Å²) in [5, 5.41) is 13.0. The van der Waals surface area contributed by atoms with E-state index in [4.69, 9.17) is 4.98 Å². The Morgan fingerprint density at radius 3 is 2.61 bits per heavy atom. The van der Waals surface area contributed by atoms with Crippen LogP contribution in [0.2, 0.25) is 0 Å². The maximum absolute atomic E-state index is 9.47. The van der Waals surface area contributed by atoms with Crippen molar-refractivity contribution in [2.75, 3.05) is 69.7 Å². The molecule has 0 bridgehead atoms. The Balaban J connectivity index is 1.34. The Morgan fingerprint density at radius 1 is 1.10 bits per heavy atom. The molecule has 168 valence electrons. The zero-order valence-corrected chi connectivity index (χ0v) is 18.9. The van der Waals surface area contributed by atoms with Gasteiger partial charge in [0.25, 0.3) is 0 Å². The van der Waals surface area contributed by atoms with Gasteiger partial charge in [-0.25, -0.2) is 9.97 Å². The number of hydrogen-bond donors (Lipinski definition) is 2. The molecule has 2 fully saturated rings. The second kappa shape index (κ2) is 10.4. The molecule has 0 radical (unpaired) electrons. The Kier molecular flexibility index (Phi) is 7.37. The Labute approximate surface area is 186 Å². The number of nitrogens with one attached hydrogen (secondary N) is 1. The van der Waals surface area contributed by atoms with Crippen molar-refractivity contribution in [1.82, 2.24) is 19.8 Å². The summed E-state index contributed by atoms with van der Waals surface area (Å²) in [4.78, 5) is 16.6. The maximum Gasteiger partial charge on any atom is 0.161 e. The SMILES string of the molecule is Cc1cnc(-c2ccc(N3CCN(C)CC3)cc2)nc1NCCCN1CCC[C@H]1CO. The van der Waals surface area contributed by atoms with Crippen molar-refractivity contribution in [3.05, 3.63) is 36.0 Å². The molecule has 2 aliphatic rings. The quantitative estimate of drug-likeness (QED) is 0.631. The van der Waals surface area contributed by atoms with E-state index < -0.39 is 0 Å². The Bertz CT molecular complexity index is 834. The van der Waals surface area contributed by atoms with Crippen LogP contribution in [0.1, 0.15) is 24.8 Å². The topological polar surface area (TPSA) is 67.8 Å². The molecule has 2 N–H and O–H groups in total. The molecule has 1 aromatic carbocycles. The number of likely N-dealkylation sites (N-methyl/N-ethyl adjacent to an activating group) is 1. The number of aliphatic hydroxyl groups is 1. The molecule has 0 amide bonds. The van der Waals surface area contributed by atoms with Gasteiger partial charge >= 0.3 is 0 Å². The van der Waals surface area contributed by atoms with Gasteiger partial charge in [-0.15, -0.1) is 0 Å². The van der Waals surface area contributed by atoms with E-state index in [2.05, 4.69) is 56.3 Å². The normalized spacial score (nSPS) is 20.4. The number of rotatable bonds is 8. The van der Waals surface area contributed by atoms with Crippen molar-refractivity contribution in [1.29, 1.82) is 0 Å². The number of aromatic nitrogens is 2. The molecule has 3 heterocycles. The zero-order chi connectivity index (χ0) is 21.6. The lowest BCUT2D eigenvalue weighted by molar-refractivity contribution is 0.158. The molecule has 2 saturated heterocycles. The van der Waals surface area contributed by atoms with Crippen LogP contribution in [0, 0.1) is 6.92 Å². The average Bonchev–Trinajstić information content (AvgIpc) is 3.26. The molecule has 4 rings (SSSR count). The van der Waals surface area contributed by atoms with Crippen LogP contribution in [0.25, 0.3) is 11.4 Å². The van der Waals surface area contributed by atoms with Gasteiger partial charge in [0.05, 0.1) is 6.61 Å². The van der Waals surface area contributed by atoms with E-state index in [1.54, 1.807) is 0 Å². The second-order valence-electron chi connectivity index (χ2n) is 8.86. The smallest absolute Gasteiger partial charge is 0.161 e. The van der Waals surface area contributed by atoms with Gasteiger partial charge in [-0.1, -0.05) is 0 Å². The number of piperazine rings is 1. The number of aliphatic hydroxyl groups excluding tert-OH is 1. The van der Waals surface area contributed by atoms with Crippen LogP contribution in [-0.4, -0.2) is 90.4 Å². The number of benzene rings is 1. The number of aryl methyl sites for hydroxylation is 1. The van der Waals surface area contributed by atoms with Crippen molar-refractivity contribution in [2.45, 2.75) is 32.2 Å². The third-order valence-corrected chi connectivity index (χ3v) is 6.59. The fourth-order valence-electron chi connectivity index (χ4n) is 4.53. The fourth-order valence-corrected chi connectivity index (χ4v) is 4.53. The van der Waals surface area contributed by atoms with Gasteiger partial charge < -0.3 is 20.2 Å². The van der Waals surface area contributed by atoms with Crippen LogP contribution < -0.4 is 10.2 Å². The first-order valence-corrected chi connectivity index (χ1v) is 11.6. The Morgan fingerprint density at radius 2 is 1.87 bits per heavy atom. The summed E-state index contributed by atoms with van der Waals surface area (Å²) >= 11 is 0. The summed E-state index contributed by atoms with van der Waals surface area (Å²) in [6.45, 7) is 9.67. The highest BCUT2D eigenvalue weighted by Gasteiger charge is 2.22. The van der Waals surface area contributed by atoms with Crippen LogP contribution in [0.15, 0.2) is 30.5 Å². The minimum atomic E-state index is 0.273. The van der Waals surface area contributed by atoms with E-state index in [0.717, 1.165) is 81.4 Å². The monoisotopic (exact) mass is 424 g/mol. The predicted molar refractivity (Wildman–Crippen MR) is 127 cm³/mol. The molecule has 31 heavy (non-hydrogen) atoms. The number of hydrogen-bond acceptors (Lipinski definition) is 7. The fraction of sp³-hybridized carbons (Fsp3) is 0.583. The molecule has 0 saturated carbocycles. The van der Waals surface area contributed by atoms with E-state index in [9.17, 15) is 5.11 Å². The minimum Gasteiger partial charge on any atom is -0.395 e. The van der Waals surface area contributed by atoms with Gasteiger partial charge in [-0.05, 0) is 64.0 Å². The van der Waals surface area contributed by atoms with E-state index in [1.807, 2.05) is 13.1 Å². The molecule has 7 nitrogen and oxygen atoms in total. The molecular weight excluding hydrogens is 388 g/mol. The van der Waals surface area contributed by atoms with Crippen LogP contribution in [0.3, 0.4) is 0 Å². The van der Waals surface area contributed by atoms with Crippen molar-refractivity contribution in [3.8, 4) is 11.4 Å². The molecule has 0 unspecified atom stereocenters. The Hall–Kier alpha value is -2.22. The van der Waals surface area contributed by atoms with Gasteiger partial charge in [0, 0.05) is 68.3 Å². The maximum atomic E-state index is 9.47. The van der Waals surface area contributed by atoms with Crippen LogP contribution >= 0.6 is 0 Å². The number of likely N-dealkylation sites (tertiary alicyclic amines) is 1. The van der Waals surface area contributed by atoms with E-state index >= 15 is 0 Å². The third kappa shape index (κ3) is 5.53. The van der Waals surface area contributed by atoms with Gasteiger partial charge in [-0.3, -0.25) is 4.90 Å². The lowest BCUT2D eigenvalue weighted by Crippen LogP contribution is -2.44.